The Bertz CT molecular complexity index is 772. The van der Waals surface area contributed by atoms with Crippen LogP contribution in [0.15, 0.2) is 36.5 Å². The second-order valence-electron chi connectivity index (χ2n) is 4.14. The number of nitrogens with two attached hydrogens (primary N) is 1. The summed E-state index contributed by atoms with van der Waals surface area (Å²) in [6.45, 7) is 0.213. The van der Waals surface area contributed by atoms with E-state index in [2.05, 4.69) is 10.2 Å². The molecule has 0 saturated carbocycles. The molecule has 2 aromatic heterocycles. The van der Waals surface area contributed by atoms with Crippen molar-refractivity contribution in [2.75, 3.05) is 5.73 Å². The summed E-state index contributed by atoms with van der Waals surface area (Å²) < 4.78 is 7.33. The first-order valence-electron chi connectivity index (χ1n) is 5.81. The van der Waals surface area contributed by atoms with E-state index in [9.17, 15) is 0 Å². The van der Waals surface area contributed by atoms with Crippen LogP contribution in [0.3, 0.4) is 0 Å². The maximum Gasteiger partial charge on any atom is 0.184 e. The molecule has 3 rings (SSSR count). The quantitative estimate of drug-likeness (QED) is 0.807. The van der Waals surface area contributed by atoms with Gasteiger partial charge in [-0.1, -0.05) is 35.3 Å². The Balaban J connectivity index is 1.90. The first-order valence-corrected chi connectivity index (χ1v) is 6.56. The summed E-state index contributed by atoms with van der Waals surface area (Å²) in [6, 6.07) is 8.85. The monoisotopic (exact) mass is 308 g/mol. The molecule has 5 nitrogen and oxygen atoms in total. The van der Waals surface area contributed by atoms with Gasteiger partial charge in [-0.05, 0) is 18.2 Å². The molecule has 102 valence electrons. The minimum absolute atomic E-state index is 0.213. The van der Waals surface area contributed by atoms with Gasteiger partial charge in [0.1, 0.15) is 12.4 Å². The van der Waals surface area contributed by atoms with Crippen molar-refractivity contribution in [1.82, 2.24) is 14.6 Å². The molecule has 20 heavy (non-hydrogen) atoms. The Morgan fingerprint density at radius 2 is 2.00 bits per heavy atom. The number of ether oxygens (including phenoxy) is 1. The van der Waals surface area contributed by atoms with Crippen LogP contribution >= 0.6 is 23.2 Å². The highest BCUT2D eigenvalue weighted by Crippen LogP contribution is 2.24. The first kappa shape index (κ1) is 13.0. The van der Waals surface area contributed by atoms with Crippen molar-refractivity contribution in [3.63, 3.8) is 0 Å². The molecule has 0 bridgehead atoms. The fourth-order valence-electron chi connectivity index (χ4n) is 1.83. The molecule has 0 aliphatic carbocycles. The van der Waals surface area contributed by atoms with Gasteiger partial charge in [0, 0.05) is 6.20 Å². The maximum atomic E-state index is 6.02. The van der Waals surface area contributed by atoms with E-state index in [0.29, 0.717) is 33.0 Å². The summed E-state index contributed by atoms with van der Waals surface area (Å²) in [7, 11) is 0. The number of hydrogen-bond donors (Lipinski definition) is 1. The van der Waals surface area contributed by atoms with Gasteiger partial charge < -0.3 is 10.5 Å². The van der Waals surface area contributed by atoms with Gasteiger partial charge in [0.15, 0.2) is 11.5 Å². The van der Waals surface area contributed by atoms with E-state index in [-0.39, 0.29) is 6.61 Å². The third-order valence-corrected chi connectivity index (χ3v) is 3.28. The molecule has 0 radical (unpaired) electrons. The highest BCUT2D eigenvalue weighted by atomic mass is 35.5. The van der Waals surface area contributed by atoms with Gasteiger partial charge in [-0.3, -0.25) is 4.40 Å². The fourth-order valence-corrected chi connectivity index (χ4v) is 2.24. The smallest absolute Gasteiger partial charge is 0.184 e. The van der Waals surface area contributed by atoms with Crippen LogP contribution in [-0.4, -0.2) is 14.6 Å². The SMILES string of the molecule is Nc1cc(Cl)cn2c(COc3ccccc3Cl)nnc12. The van der Waals surface area contributed by atoms with Gasteiger partial charge in [0.2, 0.25) is 0 Å². The van der Waals surface area contributed by atoms with Crippen molar-refractivity contribution >= 4 is 34.5 Å². The van der Waals surface area contributed by atoms with E-state index < -0.39 is 0 Å². The van der Waals surface area contributed by atoms with E-state index in [1.165, 1.54) is 0 Å². The zero-order chi connectivity index (χ0) is 14.1. The zero-order valence-corrected chi connectivity index (χ0v) is 11.8. The Labute approximate surface area is 124 Å². The summed E-state index contributed by atoms with van der Waals surface area (Å²) in [5, 5.41) is 9.11. The lowest BCUT2D eigenvalue weighted by Crippen LogP contribution is -2.02. The number of benzene rings is 1. The van der Waals surface area contributed by atoms with E-state index in [1.54, 1.807) is 28.8 Å². The van der Waals surface area contributed by atoms with Crippen molar-refractivity contribution in [2.24, 2.45) is 0 Å². The number of anilines is 1. The van der Waals surface area contributed by atoms with E-state index >= 15 is 0 Å². The lowest BCUT2D eigenvalue weighted by Gasteiger charge is -2.07. The standard InChI is InChI=1S/C13H10Cl2N4O/c14-8-5-10(16)13-18-17-12(19(13)6-8)7-20-11-4-2-1-3-9(11)15/h1-6H,7,16H2. The Hall–Kier alpha value is -1.98. The van der Waals surface area contributed by atoms with Crippen LogP contribution in [0.2, 0.25) is 10.0 Å². The van der Waals surface area contributed by atoms with Crippen molar-refractivity contribution in [1.29, 1.82) is 0 Å². The van der Waals surface area contributed by atoms with E-state index in [4.69, 9.17) is 33.7 Å². The molecule has 0 atom stereocenters. The topological polar surface area (TPSA) is 65.4 Å². The molecular formula is C13H10Cl2N4O. The molecule has 3 aromatic rings. The normalized spacial score (nSPS) is 10.9. The summed E-state index contributed by atoms with van der Waals surface area (Å²) >= 11 is 12.0. The van der Waals surface area contributed by atoms with Crippen LogP contribution in [0.25, 0.3) is 5.65 Å². The predicted molar refractivity (Wildman–Crippen MR) is 78.2 cm³/mol. The molecule has 0 unspecified atom stereocenters. The number of pyridine rings is 1. The summed E-state index contributed by atoms with van der Waals surface area (Å²) in [6.07, 6.45) is 1.69. The minimum Gasteiger partial charge on any atom is -0.484 e. The molecule has 0 fully saturated rings. The van der Waals surface area contributed by atoms with Crippen molar-refractivity contribution in [3.8, 4) is 5.75 Å². The largest absolute Gasteiger partial charge is 0.484 e. The molecule has 2 heterocycles. The lowest BCUT2D eigenvalue weighted by atomic mass is 10.3. The van der Waals surface area contributed by atoms with Gasteiger partial charge in [-0.25, -0.2) is 0 Å². The molecule has 7 heteroatoms. The number of rotatable bonds is 3. The Kier molecular flexibility index (Phi) is 3.38. The molecule has 2 N–H and O–H groups in total. The fraction of sp³-hybridized carbons (Fsp3) is 0.0769. The predicted octanol–water partition coefficient (Wildman–Crippen LogP) is 3.20. The number of para-hydroxylation sites is 1. The van der Waals surface area contributed by atoms with Crippen LogP contribution in [0, 0.1) is 0 Å². The van der Waals surface area contributed by atoms with Crippen LogP contribution < -0.4 is 10.5 Å². The van der Waals surface area contributed by atoms with Crippen molar-refractivity contribution in [3.05, 3.63) is 52.4 Å². The third-order valence-electron chi connectivity index (χ3n) is 2.76. The Morgan fingerprint density at radius 1 is 1.20 bits per heavy atom. The van der Waals surface area contributed by atoms with Gasteiger partial charge in [0.05, 0.1) is 15.7 Å². The van der Waals surface area contributed by atoms with Crippen LogP contribution in [0.1, 0.15) is 5.82 Å². The number of fused-ring (bicyclic) bond motifs is 1. The number of nitrogens with zero attached hydrogens (tertiary/aromatic N) is 3. The molecular weight excluding hydrogens is 299 g/mol. The van der Waals surface area contributed by atoms with Crippen LogP contribution in [0.5, 0.6) is 5.75 Å². The highest BCUT2D eigenvalue weighted by Gasteiger charge is 2.10. The average Bonchev–Trinajstić information content (AvgIpc) is 2.81. The molecule has 0 amide bonds. The molecule has 0 aliphatic rings. The average molecular weight is 309 g/mol. The number of aromatic nitrogens is 3. The second kappa shape index (κ2) is 5.19. The summed E-state index contributed by atoms with van der Waals surface area (Å²) in [5.41, 5.74) is 6.85. The maximum absolute atomic E-state index is 6.02. The zero-order valence-electron chi connectivity index (χ0n) is 10.3. The molecule has 0 spiro atoms. The lowest BCUT2D eigenvalue weighted by molar-refractivity contribution is 0.294. The first-order chi connectivity index (χ1) is 9.65. The van der Waals surface area contributed by atoms with Crippen molar-refractivity contribution < 1.29 is 4.74 Å². The van der Waals surface area contributed by atoms with Crippen LogP contribution in [-0.2, 0) is 6.61 Å². The highest BCUT2D eigenvalue weighted by molar-refractivity contribution is 6.32. The molecule has 0 aliphatic heterocycles. The van der Waals surface area contributed by atoms with Gasteiger partial charge in [0.25, 0.3) is 0 Å². The minimum atomic E-state index is 0.213. The molecule has 1 aromatic carbocycles. The number of hydrogen-bond acceptors (Lipinski definition) is 4. The summed E-state index contributed by atoms with van der Waals surface area (Å²) in [5.74, 6) is 1.18. The third kappa shape index (κ3) is 2.37. The number of halogens is 2. The van der Waals surface area contributed by atoms with Gasteiger partial charge in [-0.15, -0.1) is 10.2 Å². The van der Waals surface area contributed by atoms with Gasteiger partial charge >= 0.3 is 0 Å². The van der Waals surface area contributed by atoms with Gasteiger partial charge in [-0.2, -0.15) is 0 Å². The Morgan fingerprint density at radius 3 is 2.80 bits per heavy atom. The van der Waals surface area contributed by atoms with Crippen LogP contribution in [0.4, 0.5) is 5.69 Å². The van der Waals surface area contributed by atoms with E-state index in [1.807, 2.05) is 12.1 Å². The summed E-state index contributed by atoms with van der Waals surface area (Å²) in [4.78, 5) is 0. The molecule has 0 saturated heterocycles. The number of nitrogen functional groups attached to an aromatic ring is 1. The van der Waals surface area contributed by atoms with Crippen molar-refractivity contribution in [2.45, 2.75) is 6.61 Å². The van der Waals surface area contributed by atoms with E-state index in [0.717, 1.165) is 0 Å². The second-order valence-corrected chi connectivity index (χ2v) is 4.99.